The minimum Gasteiger partial charge on any atom is -0.851 e. The molecular weight excluding hydrogens is 624 g/mol. The van der Waals surface area contributed by atoms with Crippen LogP contribution in [0.4, 0.5) is 10.5 Å². The maximum absolute atomic E-state index is 12.2. The molecule has 1 aromatic carbocycles. The second-order valence-corrected chi connectivity index (χ2v) is 13.9. The number of likely N-dealkylation sites (N-methyl/N-ethyl adjacent to an activating group) is 1. The summed E-state index contributed by atoms with van der Waals surface area (Å²) >= 11 is 1.91. The second-order valence-electron chi connectivity index (χ2n) is 12.6. The molecule has 2 saturated heterocycles. The highest BCUT2D eigenvalue weighted by molar-refractivity contribution is 8.00. The summed E-state index contributed by atoms with van der Waals surface area (Å²) in [5.74, 6) is 0.241. The molecule has 13 heteroatoms. The van der Waals surface area contributed by atoms with Crippen LogP contribution in [-0.4, -0.2) is 112 Å². The summed E-state index contributed by atoms with van der Waals surface area (Å²) in [6.07, 6.45) is 3.06. The van der Waals surface area contributed by atoms with Gasteiger partial charge in [-0.15, -0.1) is 12.2 Å². The summed E-state index contributed by atoms with van der Waals surface area (Å²) in [5.41, 5.74) is 1.79. The van der Waals surface area contributed by atoms with Gasteiger partial charge in [0, 0.05) is 55.8 Å². The minimum atomic E-state index is -0.828. The lowest BCUT2D eigenvalue weighted by molar-refractivity contribution is -0.547. The predicted octanol–water partition coefficient (Wildman–Crippen LogP) is 0.945. The van der Waals surface area contributed by atoms with Gasteiger partial charge in [-0.3, -0.25) is 9.59 Å². The van der Waals surface area contributed by atoms with E-state index in [0.29, 0.717) is 70.6 Å². The van der Waals surface area contributed by atoms with Crippen molar-refractivity contribution in [1.82, 2.24) is 16.0 Å². The third-order valence-electron chi connectivity index (χ3n) is 9.33. The molecule has 2 heterocycles. The molecule has 4 rings (SSSR count). The molecule has 47 heavy (non-hydrogen) atoms. The number of anilines is 1. The minimum absolute atomic E-state index is 0.0359. The van der Waals surface area contributed by atoms with Crippen molar-refractivity contribution in [2.24, 2.45) is 5.92 Å². The molecule has 3 amide bonds. The Morgan fingerprint density at radius 2 is 1.68 bits per heavy atom. The number of fused-ring (bicyclic) bond motifs is 1. The van der Waals surface area contributed by atoms with E-state index in [1.807, 2.05) is 43.0 Å². The highest BCUT2D eigenvalue weighted by Gasteiger charge is 2.42. The number of carbonyl (C=O) groups is 3. The Morgan fingerprint density at radius 1 is 0.957 bits per heavy atom. The van der Waals surface area contributed by atoms with Gasteiger partial charge in [0.25, 0.3) is 0 Å². The van der Waals surface area contributed by atoms with Crippen LogP contribution in [0.15, 0.2) is 24.3 Å². The Balaban J connectivity index is 0.913. The number of urea groups is 1. The average molecular weight is 677 g/mol. The lowest BCUT2D eigenvalue weighted by atomic mass is 9.67. The zero-order valence-electron chi connectivity index (χ0n) is 27.8. The van der Waals surface area contributed by atoms with Crippen LogP contribution in [0.5, 0.6) is 0 Å². The second kappa shape index (κ2) is 19.5. The highest BCUT2D eigenvalue weighted by atomic mass is 32.2. The summed E-state index contributed by atoms with van der Waals surface area (Å²) in [6.45, 7) is 7.60. The van der Waals surface area contributed by atoms with Crippen molar-refractivity contribution in [2.45, 2.75) is 87.8 Å². The van der Waals surface area contributed by atoms with Gasteiger partial charge < -0.3 is 45.3 Å². The summed E-state index contributed by atoms with van der Waals surface area (Å²) in [7, 11) is 0. The first-order valence-electron chi connectivity index (χ1n) is 17.1. The quantitative estimate of drug-likeness (QED) is 0.112. The number of amides is 3. The average Bonchev–Trinajstić information content (AvgIpc) is 3.63. The molecule has 1 aromatic rings. The number of thioether (sulfide) groups is 1. The number of benzene rings is 1. The van der Waals surface area contributed by atoms with Crippen LogP contribution in [0.2, 0.25) is 0 Å². The van der Waals surface area contributed by atoms with E-state index in [-0.39, 0.29) is 42.3 Å². The molecule has 3 fully saturated rings. The van der Waals surface area contributed by atoms with E-state index in [0.717, 1.165) is 42.8 Å². The molecule has 12 nitrogen and oxygen atoms in total. The number of hydrogen-bond acceptors (Lipinski definition) is 10. The van der Waals surface area contributed by atoms with Crippen LogP contribution in [0.3, 0.4) is 0 Å². The van der Waals surface area contributed by atoms with Crippen molar-refractivity contribution < 1.29 is 38.8 Å². The van der Waals surface area contributed by atoms with Crippen molar-refractivity contribution in [3.8, 4) is 0 Å². The van der Waals surface area contributed by atoms with Crippen molar-refractivity contribution in [3.05, 3.63) is 29.8 Å². The van der Waals surface area contributed by atoms with E-state index in [1.165, 1.54) is 0 Å². The fraction of sp³-hybridized carbons (Fsp3) is 0.735. The number of ketones is 1. The first-order valence-corrected chi connectivity index (χ1v) is 18.2. The topological polar surface area (TPSA) is 164 Å². The fourth-order valence-corrected chi connectivity index (χ4v) is 7.96. The van der Waals surface area contributed by atoms with Crippen molar-refractivity contribution in [1.29, 1.82) is 0 Å². The third-order valence-corrected chi connectivity index (χ3v) is 10.8. The van der Waals surface area contributed by atoms with Gasteiger partial charge in [-0.25, -0.2) is 4.79 Å². The molecule has 0 radical (unpaired) electrons. The number of hydrogen-bond donors (Lipinski definition) is 3. The van der Waals surface area contributed by atoms with Crippen molar-refractivity contribution in [2.75, 3.05) is 69.9 Å². The van der Waals surface area contributed by atoms with Crippen LogP contribution < -0.4 is 31.1 Å². The molecule has 1 aliphatic carbocycles. The van der Waals surface area contributed by atoms with Gasteiger partial charge in [0.2, 0.25) is 5.91 Å². The lowest BCUT2D eigenvalue weighted by Crippen LogP contribution is -2.64. The summed E-state index contributed by atoms with van der Waals surface area (Å²) in [5, 5.41) is 33.4. The van der Waals surface area contributed by atoms with Gasteiger partial charge in [0.05, 0.1) is 38.5 Å². The smallest absolute Gasteiger partial charge is 0.315 e. The Morgan fingerprint density at radius 3 is 2.43 bits per heavy atom. The zero-order chi connectivity index (χ0) is 33.6. The number of unbranched alkanes of at least 4 members (excludes halogenated alkanes) is 1. The standard InChI is InChI=1S/C34H52N4O8S/c1-3-38(25-12-10-24(11-13-25)30-32(41)23(2)33(30)42)15-18-46-21-29(40)35-14-17-45-20-19-44-16-6-8-26(39)7-4-5-9-28-31-27(22-47-28)36-34(43)37-31/h10-13,23,27-28,30-33H,3-9,14-22H2,1-2H3,(H,35,40)(H2,36,37,43)/q-2. The Bertz CT molecular complexity index is 1120. The molecule has 0 aromatic heterocycles. The van der Waals surface area contributed by atoms with E-state index in [1.54, 1.807) is 6.92 Å². The molecule has 0 spiro atoms. The van der Waals surface area contributed by atoms with Gasteiger partial charge in [0.1, 0.15) is 12.4 Å². The molecule has 5 unspecified atom stereocenters. The Kier molecular flexibility index (Phi) is 15.6. The number of carbonyl (C=O) groups excluding carboxylic acids is 3. The molecule has 2 aliphatic heterocycles. The highest BCUT2D eigenvalue weighted by Crippen LogP contribution is 2.39. The molecule has 3 aliphatic rings. The van der Waals surface area contributed by atoms with Gasteiger partial charge in [0.15, 0.2) is 0 Å². The van der Waals surface area contributed by atoms with Crippen LogP contribution in [0.25, 0.3) is 0 Å². The van der Waals surface area contributed by atoms with E-state index in [9.17, 15) is 24.6 Å². The van der Waals surface area contributed by atoms with Gasteiger partial charge in [-0.05, 0) is 49.8 Å². The molecule has 264 valence electrons. The van der Waals surface area contributed by atoms with Crippen LogP contribution in [0.1, 0.15) is 63.9 Å². The van der Waals surface area contributed by atoms with Crippen LogP contribution >= 0.6 is 11.8 Å². The molecule has 0 bridgehead atoms. The van der Waals surface area contributed by atoms with E-state index < -0.39 is 18.1 Å². The van der Waals surface area contributed by atoms with Gasteiger partial charge >= 0.3 is 6.03 Å². The van der Waals surface area contributed by atoms with E-state index in [4.69, 9.17) is 14.2 Å². The SMILES string of the molecule is CCN(CCOCC(=O)NCCOCCOCCCC(=O)CCCCC1SCC2NC(=O)NC21)c1ccc(C2C([O-])C(C)C2[O-])cc1. The van der Waals surface area contributed by atoms with Crippen LogP contribution in [-0.2, 0) is 23.8 Å². The molecule has 3 N–H and O–H groups in total. The normalized spacial score (nSPS) is 26.3. The monoisotopic (exact) mass is 676 g/mol. The first-order chi connectivity index (χ1) is 22.8. The molecule has 5 atom stereocenters. The molecular formula is C34H52N4O8S-2. The number of ether oxygens (including phenoxy) is 3. The third kappa shape index (κ3) is 11.3. The lowest BCUT2D eigenvalue weighted by Gasteiger charge is -2.60. The van der Waals surface area contributed by atoms with Crippen LogP contribution in [0, 0.1) is 5.92 Å². The number of nitrogens with zero attached hydrogens (tertiary/aromatic N) is 1. The maximum atomic E-state index is 12.2. The fourth-order valence-electron chi connectivity index (χ4n) is 6.42. The van der Waals surface area contributed by atoms with E-state index >= 15 is 0 Å². The number of nitrogens with one attached hydrogen (secondary N) is 3. The Hall–Kier alpha value is -2.42. The predicted molar refractivity (Wildman–Crippen MR) is 177 cm³/mol. The zero-order valence-corrected chi connectivity index (χ0v) is 28.6. The summed E-state index contributed by atoms with van der Waals surface area (Å²) in [6, 6.07) is 8.04. The molecule has 1 saturated carbocycles. The van der Waals surface area contributed by atoms with Crippen molar-refractivity contribution >= 4 is 35.2 Å². The first kappa shape index (κ1) is 37.4. The maximum Gasteiger partial charge on any atom is 0.315 e. The number of rotatable bonds is 23. The largest absolute Gasteiger partial charge is 0.851 e. The summed E-state index contributed by atoms with van der Waals surface area (Å²) in [4.78, 5) is 37.8. The van der Waals surface area contributed by atoms with Gasteiger partial charge in [-0.1, -0.05) is 31.4 Å². The van der Waals surface area contributed by atoms with Crippen molar-refractivity contribution in [3.63, 3.8) is 0 Å². The summed E-state index contributed by atoms with van der Waals surface area (Å²) < 4.78 is 16.6. The number of Topliss-reactive ketones (excluding diaryl/α,β-unsaturated/α-hetero) is 1. The Labute approximate surface area is 283 Å². The van der Waals surface area contributed by atoms with E-state index in [2.05, 4.69) is 20.9 Å². The van der Waals surface area contributed by atoms with Gasteiger partial charge in [-0.2, -0.15) is 11.8 Å².